The molecule has 242 valence electrons. The van der Waals surface area contributed by atoms with Crippen molar-refractivity contribution < 1.29 is 23.7 Å². The molecular formula is C39H39ClN2O5. The van der Waals surface area contributed by atoms with Crippen molar-refractivity contribution in [1.82, 2.24) is 4.90 Å². The van der Waals surface area contributed by atoms with E-state index in [9.17, 15) is 10.1 Å². The van der Waals surface area contributed by atoms with Gasteiger partial charge in [-0.25, -0.2) is 0 Å². The molecule has 0 radical (unpaired) electrons. The first-order valence-electron chi connectivity index (χ1n) is 16.1. The first kappa shape index (κ1) is 32.6. The minimum Gasteiger partial charge on any atom is -0.493 e. The number of nitriles is 1. The Morgan fingerprint density at radius 2 is 1.60 bits per heavy atom. The minimum atomic E-state index is 0.190. The van der Waals surface area contributed by atoms with Gasteiger partial charge in [0, 0.05) is 24.7 Å². The number of benzene rings is 4. The van der Waals surface area contributed by atoms with Gasteiger partial charge in [0.05, 0.1) is 42.0 Å². The van der Waals surface area contributed by atoms with E-state index < -0.39 is 0 Å². The molecule has 2 aliphatic rings. The summed E-state index contributed by atoms with van der Waals surface area (Å²) in [5.74, 6) is 1.68. The molecule has 2 bridgehead atoms. The van der Waals surface area contributed by atoms with Crippen molar-refractivity contribution in [2.75, 3.05) is 26.4 Å². The molecule has 0 aromatic heterocycles. The fraction of sp³-hybridized carbons (Fsp3) is 0.333. The van der Waals surface area contributed by atoms with E-state index in [1.807, 2.05) is 24.3 Å². The SMILES string of the molecule is Cc1c(COc2cc(OCc3cccc(C#N)c3)c(C=O)cc2Cl)cccc1-c1cccc(OCCCN2[C@@H]3CC[C@H]2COC3)c1C. The molecule has 0 amide bonds. The van der Waals surface area contributed by atoms with Gasteiger partial charge in [0.2, 0.25) is 0 Å². The number of hydrogen-bond donors (Lipinski definition) is 0. The topological polar surface area (TPSA) is 81.0 Å². The lowest BCUT2D eigenvalue weighted by atomic mass is 9.93. The summed E-state index contributed by atoms with van der Waals surface area (Å²) in [4.78, 5) is 14.4. The molecule has 2 saturated heterocycles. The summed E-state index contributed by atoms with van der Waals surface area (Å²) < 4.78 is 24.2. The zero-order valence-corrected chi connectivity index (χ0v) is 27.6. The molecule has 6 rings (SSSR count). The third-order valence-corrected chi connectivity index (χ3v) is 9.55. The first-order chi connectivity index (χ1) is 22.9. The van der Waals surface area contributed by atoms with Crippen LogP contribution in [0.15, 0.2) is 72.8 Å². The molecular weight excluding hydrogens is 612 g/mol. The molecule has 0 aliphatic carbocycles. The van der Waals surface area contributed by atoms with E-state index in [2.05, 4.69) is 43.0 Å². The largest absolute Gasteiger partial charge is 0.493 e. The number of fused-ring (bicyclic) bond motifs is 2. The van der Waals surface area contributed by atoms with Crippen LogP contribution in [0.25, 0.3) is 11.1 Å². The molecule has 2 fully saturated rings. The van der Waals surface area contributed by atoms with Crippen LogP contribution in [-0.2, 0) is 18.0 Å². The highest BCUT2D eigenvalue weighted by Crippen LogP contribution is 2.36. The van der Waals surface area contributed by atoms with Gasteiger partial charge >= 0.3 is 0 Å². The van der Waals surface area contributed by atoms with Gasteiger partial charge in [-0.05, 0) is 90.8 Å². The maximum atomic E-state index is 11.8. The normalized spacial score (nSPS) is 17.2. The van der Waals surface area contributed by atoms with Gasteiger partial charge in [-0.1, -0.05) is 54.1 Å². The Labute approximate surface area is 281 Å². The van der Waals surface area contributed by atoms with Crippen LogP contribution in [0, 0.1) is 25.2 Å². The van der Waals surface area contributed by atoms with E-state index in [0.717, 1.165) is 65.3 Å². The molecule has 0 N–H and O–H groups in total. The Morgan fingerprint density at radius 3 is 2.36 bits per heavy atom. The number of morpholine rings is 1. The zero-order valence-electron chi connectivity index (χ0n) is 26.8. The van der Waals surface area contributed by atoms with Gasteiger partial charge in [0.15, 0.2) is 6.29 Å². The van der Waals surface area contributed by atoms with Crippen molar-refractivity contribution in [3.05, 3.63) is 111 Å². The predicted octanol–water partition coefficient (Wildman–Crippen LogP) is 8.10. The summed E-state index contributed by atoms with van der Waals surface area (Å²) in [6.45, 7) is 8.12. The van der Waals surface area contributed by atoms with Crippen LogP contribution in [0.1, 0.15) is 57.4 Å². The van der Waals surface area contributed by atoms with Crippen molar-refractivity contribution in [2.45, 2.75) is 58.4 Å². The number of nitrogens with zero attached hydrogens (tertiary/aromatic N) is 2. The summed E-state index contributed by atoms with van der Waals surface area (Å²) in [6.07, 6.45) is 4.18. The highest BCUT2D eigenvalue weighted by Gasteiger charge is 2.36. The second-order valence-electron chi connectivity index (χ2n) is 12.2. The molecule has 47 heavy (non-hydrogen) atoms. The van der Waals surface area contributed by atoms with E-state index in [-0.39, 0.29) is 13.2 Å². The Morgan fingerprint density at radius 1 is 0.872 bits per heavy atom. The Balaban J connectivity index is 1.11. The van der Waals surface area contributed by atoms with E-state index >= 15 is 0 Å². The number of hydrogen-bond acceptors (Lipinski definition) is 7. The maximum Gasteiger partial charge on any atom is 0.153 e. The van der Waals surface area contributed by atoms with E-state index in [4.69, 9.17) is 30.5 Å². The van der Waals surface area contributed by atoms with E-state index in [1.165, 1.54) is 12.8 Å². The fourth-order valence-electron chi connectivity index (χ4n) is 6.63. The first-order valence-corrected chi connectivity index (χ1v) is 16.5. The second-order valence-corrected chi connectivity index (χ2v) is 12.6. The molecule has 4 aromatic carbocycles. The number of rotatable bonds is 13. The molecule has 2 aliphatic heterocycles. The Bertz CT molecular complexity index is 1770. The number of ether oxygens (including phenoxy) is 4. The van der Waals surface area contributed by atoms with Crippen LogP contribution >= 0.6 is 11.6 Å². The van der Waals surface area contributed by atoms with Gasteiger partial charge in [-0.3, -0.25) is 9.69 Å². The molecule has 0 unspecified atom stereocenters. The van der Waals surface area contributed by atoms with E-state index in [1.54, 1.807) is 30.3 Å². The van der Waals surface area contributed by atoms with Gasteiger partial charge < -0.3 is 18.9 Å². The van der Waals surface area contributed by atoms with Crippen molar-refractivity contribution in [1.29, 1.82) is 5.26 Å². The molecule has 0 spiro atoms. The summed E-state index contributed by atoms with van der Waals surface area (Å²) in [5, 5.41) is 9.51. The van der Waals surface area contributed by atoms with Crippen LogP contribution in [-0.4, -0.2) is 49.6 Å². The van der Waals surface area contributed by atoms with Crippen molar-refractivity contribution in [3.63, 3.8) is 0 Å². The van der Waals surface area contributed by atoms with Crippen LogP contribution in [0.2, 0.25) is 5.02 Å². The van der Waals surface area contributed by atoms with Gasteiger partial charge in [-0.15, -0.1) is 0 Å². The maximum absolute atomic E-state index is 11.8. The summed E-state index contributed by atoms with van der Waals surface area (Å²) in [6, 6.07) is 26.0. The molecule has 0 saturated carbocycles. The van der Waals surface area contributed by atoms with Crippen molar-refractivity contribution in [2.24, 2.45) is 0 Å². The number of aldehydes is 1. The summed E-state index contributed by atoms with van der Waals surface area (Å²) >= 11 is 6.52. The second kappa shape index (κ2) is 15.0. The average Bonchev–Trinajstić information content (AvgIpc) is 3.30. The van der Waals surface area contributed by atoms with E-state index in [0.29, 0.717) is 52.6 Å². The van der Waals surface area contributed by atoms with Crippen LogP contribution in [0.3, 0.4) is 0 Å². The lowest BCUT2D eigenvalue weighted by molar-refractivity contribution is -0.0160. The molecule has 8 heteroatoms. The molecule has 7 nitrogen and oxygen atoms in total. The van der Waals surface area contributed by atoms with Gasteiger partial charge in [-0.2, -0.15) is 5.26 Å². The average molecular weight is 651 g/mol. The highest BCUT2D eigenvalue weighted by molar-refractivity contribution is 6.32. The smallest absolute Gasteiger partial charge is 0.153 e. The Kier molecular flexibility index (Phi) is 10.4. The Hall–Kier alpha value is -4.35. The fourth-order valence-corrected chi connectivity index (χ4v) is 6.85. The van der Waals surface area contributed by atoms with Crippen LogP contribution < -0.4 is 14.2 Å². The van der Waals surface area contributed by atoms with Crippen molar-refractivity contribution in [3.8, 4) is 34.4 Å². The highest BCUT2D eigenvalue weighted by atomic mass is 35.5. The lowest BCUT2D eigenvalue weighted by Gasteiger charge is -2.34. The van der Waals surface area contributed by atoms with Crippen LogP contribution in [0.4, 0.5) is 0 Å². The quantitative estimate of drug-likeness (QED) is 0.107. The standard InChI is InChI=1S/C39H39ClN2O5/c1-26-30(23-47-39-19-38(31(21-43)18-36(39)40)46-22-29-8-3-7-28(17-29)20-41)9-4-10-34(26)35-11-5-12-37(27(35)2)45-16-6-15-42-32-13-14-33(42)25-44-24-32/h3-5,7-12,17-19,21,32-33H,6,13-16,22-25H2,1-2H3/t32-,33+. The van der Waals surface area contributed by atoms with Gasteiger partial charge in [0.1, 0.15) is 30.5 Å². The summed E-state index contributed by atoms with van der Waals surface area (Å²) in [7, 11) is 0. The summed E-state index contributed by atoms with van der Waals surface area (Å²) in [5.41, 5.74) is 7.14. The number of carbonyl (C=O) groups excluding carboxylic acids is 1. The number of carbonyl (C=O) groups is 1. The van der Waals surface area contributed by atoms with Gasteiger partial charge in [0.25, 0.3) is 0 Å². The predicted molar refractivity (Wildman–Crippen MR) is 182 cm³/mol. The third-order valence-electron chi connectivity index (χ3n) is 9.25. The molecule has 2 heterocycles. The number of halogens is 1. The minimum absolute atomic E-state index is 0.190. The third kappa shape index (κ3) is 7.47. The zero-order chi connectivity index (χ0) is 32.8. The monoisotopic (exact) mass is 650 g/mol. The van der Waals surface area contributed by atoms with Crippen molar-refractivity contribution >= 4 is 17.9 Å². The lowest BCUT2D eigenvalue weighted by Crippen LogP contribution is -2.46. The molecule has 2 atom stereocenters. The molecule has 4 aromatic rings. The van der Waals surface area contributed by atoms with Crippen LogP contribution in [0.5, 0.6) is 17.2 Å².